The van der Waals surface area contributed by atoms with Gasteiger partial charge in [0.05, 0.1) is 11.4 Å². The van der Waals surface area contributed by atoms with E-state index in [1.54, 1.807) is 25.1 Å². The molecule has 2 amide bonds. The molecule has 2 N–H and O–H groups in total. The van der Waals surface area contributed by atoms with Gasteiger partial charge >= 0.3 is 0 Å². The van der Waals surface area contributed by atoms with Crippen LogP contribution in [0.15, 0.2) is 52.1 Å². The van der Waals surface area contributed by atoms with Gasteiger partial charge in [-0.1, -0.05) is 6.07 Å². The van der Waals surface area contributed by atoms with Gasteiger partial charge in [0.2, 0.25) is 0 Å². The Kier molecular flexibility index (Phi) is 5.57. The summed E-state index contributed by atoms with van der Waals surface area (Å²) in [5.41, 5.74) is 4.32. The lowest BCUT2D eigenvalue weighted by Crippen LogP contribution is -2.22. The fourth-order valence-corrected chi connectivity index (χ4v) is 3.44. The van der Waals surface area contributed by atoms with Gasteiger partial charge in [-0.25, -0.2) is 14.2 Å². The van der Waals surface area contributed by atoms with Crippen LogP contribution in [0.2, 0.25) is 0 Å². The first-order chi connectivity index (χ1) is 14.9. The van der Waals surface area contributed by atoms with Gasteiger partial charge in [-0.3, -0.25) is 14.6 Å². The van der Waals surface area contributed by atoms with Gasteiger partial charge in [-0.2, -0.15) is 5.10 Å². The Morgan fingerprint density at radius 2 is 1.97 bits per heavy atom. The summed E-state index contributed by atoms with van der Waals surface area (Å²) in [6.45, 7) is 1.69. The van der Waals surface area contributed by atoms with Crippen molar-refractivity contribution in [3.05, 3.63) is 82.6 Å². The normalized spacial score (nSPS) is 14.2. The molecule has 158 valence electrons. The fourth-order valence-electron chi connectivity index (χ4n) is 3.44. The lowest BCUT2D eigenvalue weighted by molar-refractivity contribution is 0.0948. The van der Waals surface area contributed by atoms with E-state index in [1.165, 1.54) is 6.20 Å². The van der Waals surface area contributed by atoms with E-state index in [-0.39, 0.29) is 17.1 Å². The minimum atomic E-state index is -0.887. The Morgan fingerprint density at radius 3 is 2.71 bits per heavy atom. The van der Waals surface area contributed by atoms with E-state index in [1.807, 2.05) is 0 Å². The monoisotopic (exact) mass is 424 g/mol. The van der Waals surface area contributed by atoms with E-state index in [0.717, 1.165) is 18.6 Å². The first-order valence-corrected chi connectivity index (χ1v) is 9.61. The van der Waals surface area contributed by atoms with Gasteiger partial charge in [0.15, 0.2) is 5.76 Å². The standard InChI is InChI=1S/C22H18F2N4O3/c1-12-19-16(27-28-21(29)17-5-2-3-10-25-17)6-4-7-18(19)31-20(12)22(30)26-15-9-8-13(23)11-14(15)24/h2-3,5,8-11H,4,6-7H2,1H3,(H,26,30)(H,28,29)/b27-16+. The van der Waals surface area contributed by atoms with Crippen LogP contribution in [-0.4, -0.2) is 22.5 Å². The van der Waals surface area contributed by atoms with E-state index in [9.17, 15) is 18.4 Å². The summed E-state index contributed by atoms with van der Waals surface area (Å²) >= 11 is 0. The molecule has 9 heteroatoms. The molecule has 0 saturated carbocycles. The molecule has 2 heterocycles. The number of furan rings is 1. The summed E-state index contributed by atoms with van der Waals surface area (Å²) in [5.74, 6) is -2.16. The second-order valence-electron chi connectivity index (χ2n) is 7.00. The second-order valence-corrected chi connectivity index (χ2v) is 7.00. The number of rotatable bonds is 4. The van der Waals surface area contributed by atoms with Crippen molar-refractivity contribution in [2.75, 3.05) is 5.32 Å². The van der Waals surface area contributed by atoms with Crippen LogP contribution in [0.1, 0.15) is 50.8 Å². The maximum atomic E-state index is 13.9. The number of fused-ring (bicyclic) bond motifs is 1. The summed E-state index contributed by atoms with van der Waals surface area (Å²) in [4.78, 5) is 28.9. The molecular weight excluding hydrogens is 406 g/mol. The van der Waals surface area contributed by atoms with Gasteiger partial charge in [0.25, 0.3) is 11.8 Å². The van der Waals surface area contributed by atoms with Crippen molar-refractivity contribution in [1.82, 2.24) is 10.4 Å². The molecule has 31 heavy (non-hydrogen) atoms. The highest BCUT2D eigenvalue weighted by molar-refractivity contribution is 6.09. The van der Waals surface area contributed by atoms with E-state index < -0.39 is 23.4 Å². The summed E-state index contributed by atoms with van der Waals surface area (Å²) in [6, 6.07) is 7.85. The fraction of sp³-hybridized carbons (Fsp3) is 0.182. The third-order valence-corrected chi connectivity index (χ3v) is 4.90. The predicted octanol–water partition coefficient (Wildman–Crippen LogP) is 3.98. The van der Waals surface area contributed by atoms with E-state index in [2.05, 4.69) is 20.8 Å². The molecule has 7 nitrogen and oxygen atoms in total. The number of nitrogens with one attached hydrogen (secondary N) is 2. The summed E-state index contributed by atoms with van der Waals surface area (Å²) in [5, 5.41) is 6.62. The Labute approximate surface area is 176 Å². The number of carbonyl (C=O) groups is 2. The van der Waals surface area contributed by atoms with Crippen molar-refractivity contribution in [1.29, 1.82) is 0 Å². The highest BCUT2D eigenvalue weighted by atomic mass is 19.1. The first-order valence-electron chi connectivity index (χ1n) is 9.61. The first kappa shape index (κ1) is 20.4. The number of anilines is 1. The topological polar surface area (TPSA) is 96.6 Å². The average Bonchev–Trinajstić information content (AvgIpc) is 3.12. The number of nitrogens with zero attached hydrogens (tertiary/aromatic N) is 2. The molecule has 2 aromatic heterocycles. The molecule has 0 atom stereocenters. The Hall–Kier alpha value is -3.88. The van der Waals surface area contributed by atoms with Gasteiger partial charge in [0, 0.05) is 29.8 Å². The highest BCUT2D eigenvalue weighted by Crippen LogP contribution is 2.30. The third-order valence-electron chi connectivity index (χ3n) is 4.90. The second kappa shape index (κ2) is 8.47. The number of hydrogen-bond acceptors (Lipinski definition) is 5. The van der Waals surface area contributed by atoms with Crippen LogP contribution in [0.3, 0.4) is 0 Å². The van der Waals surface area contributed by atoms with E-state index >= 15 is 0 Å². The lowest BCUT2D eigenvalue weighted by Gasteiger charge is -2.13. The minimum Gasteiger partial charge on any atom is -0.455 e. The quantitative estimate of drug-likeness (QED) is 0.619. The predicted molar refractivity (Wildman–Crippen MR) is 109 cm³/mol. The summed E-state index contributed by atoms with van der Waals surface area (Å²) < 4.78 is 32.7. The van der Waals surface area contributed by atoms with Crippen LogP contribution in [0.5, 0.6) is 0 Å². The van der Waals surface area contributed by atoms with E-state index in [4.69, 9.17) is 4.42 Å². The molecule has 1 aliphatic carbocycles. The Bertz CT molecular complexity index is 1190. The number of hydrazone groups is 1. The number of aromatic nitrogens is 1. The molecule has 1 aromatic carbocycles. The molecular formula is C22H18F2N4O3. The van der Waals surface area contributed by atoms with Crippen molar-refractivity contribution in [2.24, 2.45) is 5.10 Å². The van der Waals surface area contributed by atoms with Crippen LogP contribution >= 0.6 is 0 Å². The number of pyridine rings is 1. The van der Waals surface area contributed by atoms with Crippen molar-refractivity contribution in [3.63, 3.8) is 0 Å². The molecule has 0 fully saturated rings. The molecule has 3 aromatic rings. The number of halogens is 2. The maximum Gasteiger partial charge on any atom is 0.291 e. The third kappa shape index (κ3) is 4.20. The zero-order valence-electron chi connectivity index (χ0n) is 16.5. The van der Waals surface area contributed by atoms with Gasteiger partial charge < -0.3 is 9.73 Å². The van der Waals surface area contributed by atoms with E-state index in [0.29, 0.717) is 41.5 Å². The van der Waals surface area contributed by atoms with Crippen molar-refractivity contribution >= 4 is 23.2 Å². The number of hydrogen-bond donors (Lipinski definition) is 2. The SMILES string of the molecule is Cc1c(C(=O)Nc2ccc(F)cc2F)oc2c1/C(=N/NC(=O)c1ccccn1)CCC2. The highest BCUT2D eigenvalue weighted by Gasteiger charge is 2.28. The lowest BCUT2D eigenvalue weighted by atomic mass is 9.93. The van der Waals surface area contributed by atoms with Gasteiger partial charge in [-0.05, 0) is 44.0 Å². The van der Waals surface area contributed by atoms with Crippen LogP contribution in [0.4, 0.5) is 14.5 Å². The number of benzene rings is 1. The average molecular weight is 424 g/mol. The van der Waals surface area contributed by atoms with Crippen molar-refractivity contribution in [3.8, 4) is 0 Å². The number of amides is 2. The van der Waals surface area contributed by atoms with Gasteiger partial charge in [-0.15, -0.1) is 0 Å². The van der Waals surface area contributed by atoms with Gasteiger partial charge in [0.1, 0.15) is 23.1 Å². The number of aryl methyl sites for hydroxylation is 1. The molecule has 0 spiro atoms. The number of carbonyl (C=O) groups excluding carboxylic acids is 2. The van der Waals surface area contributed by atoms with Crippen LogP contribution in [0.25, 0.3) is 0 Å². The smallest absolute Gasteiger partial charge is 0.291 e. The molecule has 1 aliphatic rings. The summed E-state index contributed by atoms with van der Waals surface area (Å²) in [7, 11) is 0. The Morgan fingerprint density at radius 1 is 1.13 bits per heavy atom. The van der Waals surface area contributed by atoms with Crippen LogP contribution in [0, 0.1) is 18.6 Å². The van der Waals surface area contributed by atoms with Crippen LogP contribution < -0.4 is 10.7 Å². The van der Waals surface area contributed by atoms with Crippen molar-refractivity contribution < 1.29 is 22.8 Å². The van der Waals surface area contributed by atoms with Crippen molar-refractivity contribution in [2.45, 2.75) is 26.2 Å². The van der Waals surface area contributed by atoms with Crippen LogP contribution in [-0.2, 0) is 6.42 Å². The largest absolute Gasteiger partial charge is 0.455 e. The molecule has 0 unspecified atom stereocenters. The molecule has 0 aliphatic heterocycles. The minimum absolute atomic E-state index is 0.0133. The zero-order chi connectivity index (χ0) is 22.0. The maximum absolute atomic E-state index is 13.9. The zero-order valence-corrected chi connectivity index (χ0v) is 16.5. The summed E-state index contributed by atoms with van der Waals surface area (Å²) in [6.07, 6.45) is 3.42. The molecule has 4 rings (SSSR count). The molecule has 0 radical (unpaired) electrons. The molecule has 0 bridgehead atoms. The Balaban J connectivity index is 1.58. The molecule has 0 saturated heterocycles.